The molecule has 3 aromatic carbocycles. The molecule has 52 heavy (non-hydrogen) atoms. The Morgan fingerprint density at radius 1 is 1.13 bits per heavy atom. The molecule has 1 fully saturated rings. The molecule has 4 aromatic rings. The minimum absolute atomic E-state index is 0.0450. The first-order chi connectivity index (χ1) is 24.9. The van der Waals surface area contributed by atoms with Crippen molar-refractivity contribution in [3.63, 3.8) is 0 Å². The first-order valence-corrected chi connectivity index (χ1v) is 18.3. The number of nitrogens with one attached hydrogen (secondary N) is 2. The van der Waals surface area contributed by atoms with Crippen LogP contribution >= 0.6 is 11.6 Å². The summed E-state index contributed by atoms with van der Waals surface area (Å²) in [6, 6.07) is 14.0. The number of nitrogens with zero attached hydrogens (tertiary/aromatic N) is 3. The second kappa shape index (κ2) is 14.2. The fraction of sp³-hybridized carbons (Fsp3) is 0.425. The Morgan fingerprint density at radius 3 is 2.58 bits per heavy atom. The van der Waals surface area contributed by atoms with E-state index in [1.54, 1.807) is 6.07 Å². The number of fused-ring (bicyclic) bond motifs is 2. The van der Waals surface area contributed by atoms with Crippen molar-refractivity contribution in [2.75, 3.05) is 19.0 Å². The Labute approximate surface area is 308 Å². The Bertz CT molecular complexity index is 2060. The van der Waals surface area contributed by atoms with Crippen molar-refractivity contribution in [3.8, 4) is 22.6 Å². The Hall–Kier alpha value is -4.45. The van der Waals surface area contributed by atoms with Gasteiger partial charge in [-0.05, 0) is 86.8 Å². The van der Waals surface area contributed by atoms with Crippen LogP contribution in [0.15, 0.2) is 42.5 Å². The number of benzene rings is 3. The zero-order valence-electron chi connectivity index (χ0n) is 30.2. The molecule has 1 aliphatic heterocycles. The van der Waals surface area contributed by atoms with E-state index in [1.165, 1.54) is 7.11 Å². The fourth-order valence-corrected chi connectivity index (χ4v) is 8.10. The van der Waals surface area contributed by atoms with E-state index in [1.807, 2.05) is 42.8 Å². The van der Waals surface area contributed by atoms with Crippen molar-refractivity contribution < 1.29 is 28.6 Å². The predicted octanol–water partition coefficient (Wildman–Crippen LogP) is 7.38. The highest BCUT2D eigenvalue weighted by Crippen LogP contribution is 2.45. The molecule has 10 nitrogen and oxygen atoms in total. The lowest BCUT2D eigenvalue weighted by atomic mass is 9.76. The molecule has 1 saturated carbocycles. The zero-order chi connectivity index (χ0) is 36.9. The number of carbonyl (C=O) groups excluding carboxylic acids is 1. The summed E-state index contributed by atoms with van der Waals surface area (Å²) in [7, 11) is 3.35. The third-order valence-corrected chi connectivity index (χ3v) is 11.6. The number of hydrogen-bond acceptors (Lipinski definition) is 7. The van der Waals surface area contributed by atoms with Crippen LogP contribution in [0.1, 0.15) is 89.9 Å². The highest BCUT2D eigenvalue weighted by atomic mass is 35.5. The van der Waals surface area contributed by atoms with E-state index in [2.05, 4.69) is 41.5 Å². The molecule has 0 radical (unpaired) electrons. The van der Waals surface area contributed by atoms with E-state index in [0.29, 0.717) is 36.8 Å². The highest BCUT2D eigenvalue weighted by molar-refractivity contribution is 6.32. The molecule has 7 rings (SSSR count). The molecule has 2 heterocycles. The lowest BCUT2D eigenvalue weighted by Gasteiger charge is -2.38. The number of ether oxygens (including phenoxy) is 2. The molecule has 3 N–H and O–H groups in total. The number of carboxylic acid groups (broad SMARTS) is 1. The van der Waals surface area contributed by atoms with Crippen molar-refractivity contribution in [3.05, 3.63) is 92.8 Å². The number of hydrogen-bond donors (Lipinski definition) is 3. The number of methoxy groups -OCH3 is 1. The number of amides is 1. The minimum Gasteiger partial charge on any atom is -0.496 e. The quantitative estimate of drug-likeness (QED) is 0.147. The van der Waals surface area contributed by atoms with Crippen molar-refractivity contribution >= 4 is 29.2 Å². The van der Waals surface area contributed by atoms with Gasteiger partial charge in [-0.1, -0.05) is 41.9 Å². The fourth-order valence-electron chi connectivity index (χ4n) is 7.88. The first kappa shape index (κ1) is 35.9. The lowest BCUT2D eigenvalue weighted by molar-refractivity contribution is -0.148. The number of carboxylic acids is 1. The normalized spacial score (nSPS) is 17.7. The molecule has 1 amide bonds. The van der Waals surface area contributed by atoms with Gasteiger partial charge in [-0.15, -0.1) is 0 Å². The Morgan fingerprint density at radius 2 is 1.88 bits per heavy atom. The summed E-state index contributed by atoms with van der Waals surface area (Å²) < 4.78 is 29.6. The third-order valence-electron chi connectivity index (χ3n) is 11.2. The van der Waals surface area contributed by atoms with Crippen LogP contribution in [0.5, 0.6) is 11.5 Å². The standard InChI is InChI=1S/C40H45ClFN5O5/c1-22(2)47-18-15-31-30(21-47)44-37(46(31)4)38(48)45-29-12-7-9-24(23(29)3)25-10-6-11-27-26(25)13-14-32(27)52-34-19-33(51-5)28(36(42)35(34)41)20-43-40(39(49)50)16-8-17-40/h6-7,9-12,19,22,32,43H,8,13-18,20-21H2,1-5H3,(H,45,48)(H,49,50). The monoisotopic (exact) mass is 729 g/mol. The zero-order valence-corrected chi connectivity index (χ0v) is 31.0. The van der Waals surface area contributed by atoms with Gasteiger partial charge in [0.15, 0.2) is 11.6 Å². The van der Waals surface area contributed by atoms with E-state index in [4.69, 9.17) is 26.1 Å². The van der Waals surface area contributed by atoms with Crippen LogP contribution in [0.3, 0.4) is 0 Å². The maximum atomic E-state index is 15.8. The summed E-state index contributed by atoms with van der Waals surface area (Å²) in [5.41, 5.74) is 6.94. The molecule has 12 heteroatoms. The largest absolute Gasteiger partial charge is 0.496 e. The van der Waals surface area contributed by atoms with Crippen molar-refractivity contribution in [2.24, 2.45) is 7.05 Å². The van der Waals surface area contributed by atoms with Crippen LogP contribution in [-0.4, -0.2) is 56.7 Å². The number of rotatable bonds is 11. The van der Waals surface area contributed by atoms with Gasteiger partial charge in [-0.3, -0.25) is 19.8 Å². The Balaban J connectivity index is 1.11. The topological polar surface area (TPSA) is 118 Å². The third kappa shape index (κ3) is 6.33. The van der Waals surface area contributed by atoms with E-state index < -0.39 is 17.3 Å². The van der Waals surface area contributed by atoms with Crippen LogP contribution in [0.4, 0.5) is 10.1 Å². The number of halogens is 2. The summed E-state index contributed by atoms with van der Waals surface area (Å²) in [4.78, 5) is 32.6. The first-order valence-electron chi connectivity index (χ1n) is 17.9. The summed E-state index contributed by atoms with van der Waals surface area (Å²) in [5.74, 6) is -1.10. The van der Waals surface area contributed by atoms with E-state index >= 15 is 4.39 Å². The van der Waals surface area contributed by atoms with Gasteiger partial charge in [0.1, 0.15) is 28.2 Å². The van der Waals surface area contributed by atoms with Gasteiger partial charge in [0.05, 0.1) is 12.8 Å². The minimum atomic E-state index is -1.07. The summed E-state index contributed by atoms with van der Waals surface area (Å²) in [6.45, 7) is 7.99. The summed E-state index contributed by atoms with van der Waals surface area (Å²) >= 11 is 6.56. The molecular formula is C40H45ClFN5O5. The second-order valence-electron chi connectivity index (χ2n) is 14.4. The number of carbonyl (C=O) groups is 2. The van der Waals surface area contributed by atoms with Crippen molar-refractivity contribution in [2.45, 2.75) is 90.1 Å². The predicted molar refractivity (Wildman–Crippen MR) is 198 cm³/mol. The maximum absolute atomic E-state index is 15.8. The molecule has 1 unspecified atom stereocenters. The van der Waals surface area contributed by atoms with Crippen LogP contribution < -0.4 is 20.1 Å². The molecule has 1 aromatic heterocycles. The Kier molecular flexibility index (Phi) is 9.79. The molecule has 2 aliphatic carbocycles. The van der Waals surface area contributed by atoms with Gasteiger partial charge >= 0.3 is 5.97 Å². The van der Waals surface area contributed by atoms with Gasteiger partial charge in [0, 0.05) is 62.2 Å². The van der Waals surface area contributed by atoms with Crippen molar-refractivity contribution in [1.29, 1.82) is 0 Å². The van der Waals surface area contributed by atoms with Crippen molar-refractivity contribution in [1.82, 2.24) is 19.8 Å². The smallest absolute Gasteiger partial charge is 0.323 e. The van der Waals surface area contributed by atoms with Crippen LogP contribution in [-0.2, 0) is 37.8 Å². The molecule has 3 aliphatic rings. The van der Waals surface area contributed by atoms with Gasteiger partial charge < -0.3 is 24.5 Å². The van der Waals surface area contributed by atoms with E-state index in [0.717, 1.165) is 71.6 Å². The average Bonchev–Trinajstić information content (AvgIpc) is 3.67. The number of aliphatic carboxylic acids is 1. The van der Waals surface area contributed by atoms with Crippen LogP contribution in [0, 0.1) is 12.7 Å². The number of anilines is 1. The number of aromatic nitrogens is 2. The summed E-state index contributed by atoms with van der Waals surface area (Å²) in [5, 5.41) is 15.7. The average molecular weight is 730 g/mol. The molecule has 0 bridgehead atoms. The maximum Gasteiger partial charge on any atom is 0.323 e. The SMILES string of the molecule is COc1cc(OC2CCc3c(-c4cccc(NC(=O)c5nc6c(n5C)CCN(C(C)C)C6)c4C)cccc32)c(Cl)c(F)c1CNC1(C(=O)O)CCC1. The molecule has 0 spiro atoms. The van der Waals surface area contributed by atoms with Crippen LogP contribution in [0.25, 0.3) is 11.1 Å². The molecule has 1 atom stereocenters. The van der Waals surface area contributed by atoms with Gasteiger partial charge in [-0.2, -0.15) is 0 Å². The lowest BCUT2D eigenvalue weighted by Crippen LogP contribution is -2.56. The van der Waals surface area contributed by atoms with Gasteiger partial charge in [0.25, 0.3) is 5.91 Å². The van der Waals surface area contributed by atoms with Gasteiger partial charge in [0.2, 0.25) is 0 Å². The van der Waals surface area contributed by atoms with E-state index in [-0.39, 0.29) is 40.6 Å². The van der Waals surface area contributed by atoms with Gasteiger partial charge in [-0.25, -0.2) is 9.37 Å². The highest BCUT2D eigenvalue weighted by Gasteiger charge is 2.44. The molecular weight excluding hydrogens is 685 g/mol. The number of imidazole rings is 1. The van der Waals surface area contributed by atoms with Crippen LogP contribution in [0.2, 0.25) is 5.02 Å². The molecule has 274 valence electrons. The molecule has 0 saturated heterocycles. The second-order valence-corrected chi connectivity index (χ2v) is 14.8. The summed E-state index contributed by atoms with van der Waals surface area (Å²) in [6.07, 6.45) is 3.62. The van der Waals surface area contributed by atoms with E-state index in [9.17, 15) is 14.7 Å².